The molecule has 1 heterocycles. The molecule has 0 N–H and O–H groups in total. The highest BCUT2D eigenvalue weighted by molar-refractivity contribution is 4.82. The van der Waals surface area contributed by atoms with E-state index in [-0.39, 0.29) is 11.9 Å². The summed E-state index contributed by atoms with van der Waals surface area (Å²) < 4.78 is 17.1. The molecule has 1 aliphatic carbocycles. The zero-order valence-corrected chi connectivity index (χ0v) is 8.96. The predicted octanol–water partition coefficient (Wildman–Crippen LogP) is 2.10. The molecule has 0 radical (unpaired) electrons. The molecule has 14 heavy (non-hydrogen) atoms. The fourth-order valence-corrected chi connectivity index (χ4v) is 2.30. The Morgan fingerprint density at radius 2 is 2.07 bits per heavy atom. The van der Waals surface area contributed by atoms with Gasteiger partial charge < -0.3 is 14.2 Å². The van der Waals surface area contributed by atoms with Gasteiger partial charge >= 0.3 is 0 Å². The summed E-state index contributed by atoms with van der Waals surface area (Å²) in [5.41, 5.74) is 0. The quantitative estimate of drug-likeness (QED) is 0.698. The van der Waals surface area contributed by atoms with Gasteiger partial charge in [0.2, 0.25) is 0 Å². The standard InChI is InChI=1S/C11H20O3/c1-2-12-8-10-9-13-11(14-10)6-4-3-5-7-11/h10H,2-9H2,1H3. The second-order valence-corrected chi connectivity index (χ2v) is 4.18. The first-order chi connectivity index (χ1) is 6.85. The third kappa shape index (κ3) is 2.27. The van der Waals surface area contributed by atoms with Gasteiger partial charge in [0.1, 0.15) is 6.10 Å². The van der Waals surface area contributed by atoms with Gasteiger partial charge in [-0.1, -0.05) is 6.42 Å². The van der Waals surface area contributed by atoms with E-state index in [2.05, 4.69) is 0 Å². The summed E-state index contributed by atoms with van der Waals surface area (Å²) in [6.07, 6.45) is 6.09. The molecule has 2 rings (SSSR count). The predicted molar refractivity (Wildman–Crippen MR) is 53.1 cm³/mol. The molecule has 0 aromatic rings. The van der Waals surface area contributed by atoms with Crippen LogP contribution < -0.4 is 0 Å². The van der Waals surface area contributed by atoms with Gasteiger partial charge in [0.05, 0.1) is 13.2 Å². The lowest BCUT2D eigenvalue weighted by Gasteiger charge is -2.31. The lowest BCUT2D eigenvalue weighted by Crippen LogP contribution is -2.33. The van der Waals surface area contributed by atoms with Crippen LogP contribution in [0.2, 0.25) is 0 Å². The fraction of sp³-hybridized carbons (Fsp3) is 1.00. The Balaban J connectivity index is 1.80. The molecular formula is C11H20O3. The molecule has 1 spiro atoms. The summed E-state index contributed by atoms with van der Waals surface area (Å²) in [5.74, 6) is -0.236. The van der Waals surface area contributed by atoms with Crippen molar-refractivity contribution in [3.63, 3.8) is 0 Å². The van der Waals surface area contributed by atoms with Gasteiger partial charge in [-0.25, -0.2) is 0 Å². The molecule has 1 atom stereocenters. The molecule has 82 valence electrons. The summed E-state index contributed by atoms with van der Waals surface area (Å²) in [6, 6.07) is 0. The lowest BCUT2D eigenvalue weighted by molar-refractivity contribution is -0.191. The van der Waals surface area contributed by atoms with Crippen LogP contribution in [-0.2, 0) is 14.2 Å². The Bertz CT molecular complexity index is 175. The largest absolute Gasteiger partial charge is 0.379 e. The highest BCUT2D eigenvalue weighted by atomic mass is 16.7. The van der Waals surface area contributed by atoms with Crippen LogP contribution in [0.3, 0.4) is 0 Å². The van der Waals surface area contributed by atoms with E-state index in [0.717, 1.165) is 19.4 Å². The monoisotopic (exact) mass is 200 g/mol. The number of hydrogen-bond acceptors (Lipinski definition) is 3. The van der Waals surface area contributed by atoms with Crippen LogP contribution in [-0.4, -0.2) is 31.7 Å². The zero-order chi connectivity index (χ0) is 9.86. The number of ether oxygens (including phenoxy) is 3. The highest BCUT2D eigenvalue weighted by Crippen LogP contribution is 2.37. The van der Waals surface area contributed by atoms with Crippen molar-refractivity contribution in [2.75, 3.05) is 19.8 Å². The SMILES string of the molecule is CCOCC1COC2(CCCCC2)O1. The van der Waals surface area contributed by atoms with E-state index in [1.165, 1.54) is 19.3 Å². The first-order valence-corrected chi connectivity index (χ1v) is 5.74. The van der Waals surface area contributed by atoms with E-state index in [4.69, 9.17) is 14.2 Å². The van der Waals surface area contributed by atoms with Gasteiger partial charge in [-0.3, -0.25) is 0 Å². The van der Waals surface area contributed by atoms with Crippen molar-refractivity contribution in [1.29, 1.82) is 0 Å². The molecule has 3 heteroatoms. The maximum atomic E-state index is 5.94. The highest BCUT2D eigenvalue weighted by Gasteiger charge is 2.42. The van der Waals surface area contributed by atoms with Gasteiger partial charge in [-0.05, 0) is 19.8 Å². The summed E-state index contributed by atoms with van der Waals surface area (Å²) in [6.45, 7) is 4.15. The van der Waals surface area contributed by atoms with Crippen molar-refractivity contribution in [1.82, 2.24) is 0 Å². The summed E-state index contributed by atoms with van der Waals surface area (Å²) in [4.78, 5) is 0. The summed E-state index contributed by atoms with van der Waals surface area (Å²) in [5, 5.41) is 0. The van der Waals surface area contributed by atoms with Crippen LogP contribution in [0.15, 0.2) is 0 Å². The van der Waals surface area contributed by atoms with Crippen molar-refractivity contribution in [3.05, 3.63) is 0 Å². The molecule has 1 aliphatic heterocycles. The number of hydrogen-bond donors (Lipinski definition) is 0. The molecule has 2 fully saturated rings. The van der Waals surface area contributed by atoms with Crippen molar-refractivity contribution < 1.29 is 14.2 Å². The van der Waals surface area contributed by atoms with Crippen LogP contribution in [0.1, 0.15) is 39.0 Å². The van der Waals surface area contributed by atoms with Gasteiger partial charge in [0, 0.05) is 19.4 Å². The molecule has 0 aromatic carbocycles. The van der Waals surface area contributed by atoms with E-state index >= 15 is 0 Å². The van der Waals surface area contributed by atoms with Crippen LogP contribution >= 0.6 is 0 Å². The first kappa shape index (κ1) is 10.4. The van der Waals surface area contributed by atoms with E-state index < -0.39 is 0 Å². The van der Waals surface area contributed by atoms with Gasteiger partial charge in [-0.15, -0.1) is 0 Å². The summed E-state index contributed by atoms with van der Waals surface area (Å²) >= 11 is 0. The van der Waals surface area contributed by atoms with Crippen molar-refractivity contribution >= 4 is 0 Å². The minimum atomic E-state index is -0.236. The van der Waals surface area contributed by atoms with Crippen LogP contribution in [0.4, 0.5) is 0 Å². The van der Waals surface area contributed by atoms with Gasteiger partial charge in [0.25, 0.3) is 0 Å². The molecule has 2 aliphatic rings. The second-order valence-electron chi connectivity index (χ2n) is 4.18. The molecule has 1 saturated heterocycles. The number of rotatable bonds is 3. The fourth-order valence-electron chi connectivity index (χ4n) is 2.30. The molecule has 1 unspecified atom stereocenters. The lowest BCUT2D eigenvalue weighted by atomic mass is 9.94. The normalized spacial score (nSPS) is 31.1. The van der Waals surface area contributed by atoms with E-state index in [0.29, 0.717) is 13.2 Å². The van der Waals surface area contributed by atoms with Crippen LogP contribution in [0, 0.1) is 0 Å². The van der Waals surface area contributed by atoms with Crippen molar-refractivity contribution in [2.45, 2.75) is 50.9 Å². The molecule has 3 nitrogen and oxygen atoms in total. The second kappa shape index (κ2) is 4.60. The molecule has 1 saturated carbocycles. The zero-order valence-electron chi connectivity index (χ0n) is 8.96. The minimum absolute atomic E-state index is 0.160. The minimum Gasteiger partial charge on any atom is -0.379 e. The Morgan fingerprint density at radius 3 is 2.79 bits per heavy atom. The Hall–Kier alpha value is -0.120. The Kier molecular flexibility index (Phi) is 3.42. The molecule has 0 bridgehead atoms. The molecule has 0 aromatic heterocycles. The third-order valence-electron chi connectivity index (χ3n) is 3.04. The van der Waals surface area contributed by atoms with Gasteiger partial charge in [-0.2, -0.15) is 0 Å². The topological polar surface area (TPSA) is 27.7 Å². The Labute approximate surface area is 85.7 Å². The first-order valence-electron chi connectivity index (χ1n) is 5.74. The van der Waals surface area contributed by atoms with Gasteiger partial charge in [0.15, 0.2) is 5.79 Å². The van der Waals surface area contributed by atoms with Crippen molar-refractivity contribution in [2.24, 2.45) is 0 Å². The smallest absolute Gasteiger partial charge is 0.169 e. The average molecular weight is 200 g/mol. The van der Waals surface area contributed by atoms with Crippen LogP contribution in [0.25, 0.3) is 0 Å². The summed E-state index contributed by atoms with van der Waals surface area (Å²) in [7, 11) is 0. The van der Waals surface area contributed by atoms with E-state index in [9.17, 15) is 0 Å². The van der Waals surface area contributed by atoms with Crippen molar-refractivity contribution in [3.8, 4) is 0 Å². The third-order valence-corrected chi connectivity index (χ3v) is 3.04. The molecular weight excluding hydrogens is 180 g/mol. The maximum Gasteiger partial charge on any atom is 0.169 e. The maximum absolute atomic E-state index is 5.94. The van der Waals surface area contributed by atoms with E-state index in [1.54, 1.807) is 0 Å². The van der Waals surface area contributed by atoms with Crippen LogP contribution in [0.5, 0.6) is 0 Å². The average Bonchev–Trinajstić information content (AvgIpc) is 2.60. The molecule has 0 amide bonds. The Morgan fingerprint density at radius 1 is 1.29 bits per heavy atom. The van der Waals surface area contributed by atoms with E-state index in [1.807, 2.05) is 6.92 Å².